The lowest BCUT2D eigenvalue weighted by Gasteiger charge is -2.18. The molecule has 0 fully saturated rings. The Balaban J connectivity index is 0.00000338. The summed E-state index contributed by atoms with van der Waals surface area (Å²) in [6, 6.07) is 13.4. The molecule has 0 aromatic heterocycles. The van der Waals surface area contributed by atoms with Crippen molar-refractivity contribution in [3.63, 3.8) is 0 Å². The average Bonchev–Trinajstić information content (AvgIpc) is 2.66. The number of carbonyl (C=O) groups excluding carboxylic acids is 1. The molecule has 2 N–H and O–H groups in total. The van der Waals surface area contributed by atoms with Crippen molar-refractivity contribution in [3.05, 3.63) is 59.7 Å². The second kappa shape index (κ2) is 10.6. The van der Waals surface area contributed by atoms with Crippen molar-refractivity contribution >= 4 is 18.4 Å². The lowest BCUT2D eigenvalue weighted by atomic mass is 10.0. The molecule has 142 valence electrons. The first kappa shape index (κ1) is 21.7. The third kappa shape index (κ3) is 5.61. The molecule has 2 aromatic rings. The molecule has 2 aromatic carbocycles. The van der Waals surface area contributed by atoms with Gasteiger partial charge in [-0.1, -0.05) is 36.4 Å². The molecule has 0 saturated heterocycles. The number of hydrogen-bond donors (Lipinski definition) is 1. The summed E-state index contributed by atoms with van der Waals surface area (Å²) in [7, 11) is 1.48. The molecular weight excluding hydrogens is 361 g/mol. The molecule has 0 aliphatic carbocycles. The van der Waals surface area contributed by atoms with Crippen molar-refractivity contribution in [2.24, 2.45) is 5.73 Å². The molecule has 0 saturated carbocycles. The normalized spacial score (nSPS) is 12.5. The van der Waals surface area contributed by atoms with Crippen LogP contribution >= 0.6 is 12.4 Å². The van der Waals surface area contributed by atoms with E-state index in [0.717, 1.165) is 5.56 Å². The first-order valence-corrected chi connectivity index (χ1v) is 7.97. The van der Waals surface area contributed by atoms with E-state index in [9.17, 15) is 9.18 Å². The van der Waals surface area contributed by atoms with Gasteiger partial charge in [0.25, 0.3) is 0 Å². The largest absolute Gasteiger partial charge is 0.493 e. The molecule has 26 heavy (non-hydrogen) atoms. The second-order valence-electron chi connectivity index (χ2n) is 5.36. The molecule has 7 heteroatoms. The SMILES string of the molecule is CCOC(=O)C(F)[C@H](N)c1ccc(OCc2ccccc2)c(OC)c1.Cl. The van der Waals surface area contributed by atoms with E-state index in [2.05, 4.69) is 4.74 Å². The number of methoxy groups -OCH3 is 1. The van der Waals surface area contributed by atoms with E-state index in [-0.39, 0.29) is 19.0 Å². The standard InChI is InChI=1S/C19H22FNO4.ClH/c1-3-24-19(22)17(20)18(21)14-9-10-15(16(11-14)23-2)25-12-13-7-5-4-6-8-13;/h4-11,17-18H,3,12,21H2,1-2H3;1H/t17?,18-;/m1./s1. The van der Waals surface area contributed by atoms with Gasteiger partial charge >= 0.3 is 5.97 Å². The Hall–Kier alpha value is -2.31. The summed E-state index contributed by atoms with van der Waals surface area (Å²) < 4.78 is 29.8. The Morgan fingerprint density at radius 2 is 1.85 bits per heavy atom. The van der Waals surface area contributed by atoms with E-state index in [4.69, 9.17) is 15.2 Å². The highest BCUT2D eigenvalue weighted by molar-refractivity contribution is 5.85. The summed E-state index contributed by atoms with van der Waals surface area (Å²) in [6.45, 7) is 2.08. The van der Waals surface area contributed by atoms with Crippen molar-refractivity contribution in [3.8, 4) is 11.5 Å². The van der Waals surface area contributed by atoms with Gasteiger partial charge in [-0.25, -0.2) is 9.18 Å². The van der Waals surface area contributed by atoms with Gasteiger partial charge in [0.05, 0.1) is 19.8 Å². The maximum Gasteiger partial charge on any atom is 0.342 e. The monoisotopic (exact) mass is 383 g/mol. The summed E-state index contributed by atoms with van der Waals surface area (Å²) >= 11 is 0. The van der Waals surface area contributed by atoms with Gasteiger partial charge in [-0.15, -0.1) is 12.4 Å². The summed E-state index contributed by atoms with van der Waals surface area (Å²) in [4.78, 5) is 11.5. The number of hydrogen-bond acceptors (Lipinski definition) is 5. The van der Waals surface area contributed by atoms with Crippen LogP contribution in [0.25, 0.3) is 0 Å². The molecule has 0 radical (unpaired) electrons. The smallest absolute Gasteiger partial charge is 0.342 e. The first-order valence-electron chi connectivity index (χ1n) is 7.97. The van der Waals surface area contributed by atoms with Crippen LogP contribution in [0.15, 0.2) is 48.5 Å². The van der Waals surface area contributed by atoms with Gasteiger partial charge in [-0.05, 0) is 30.2 Å². The molecule has 0 amide bonds. The summed E-state index contributed by atoms with van der Waals surface area (Å²) in [5, 5.41) is 0. The predicted molar refractivity (Wildman–Crippen MR) is 99.5 cm³/mol. The van der Waals surface area contributed by atoms with Crippen LogP contribution in [0, 0.1) is 0 Å². The molecule has 2 atom stereocenters. The number of rotatable bonds is 8. The Bertz CT molecular complexity index is 699. The third-order valence-electron chi connectivity index (χ3n) is 3.64. The fraction of sp³-hybridized carbons (Fsp3) is 0.316. The summed E-state index contributed by atoms with van der Waals surface area (Å²) in [6.07, 6.45) is -1.94. The first-order chi connectivity index (χ1) is 12.1. The third-order valence-corrected chi connectivity index (χ3v) is 3.64. The maximum atomic E-state index is 14.1. The van der Waals surface area contributed by atoms with Crippen molar-refractivity contribution in [2.45, 2.75) is 25.7 Å². The highest BCUT2D eigenvalue weighted by Crippen LogP contribution is 2.31. The van der Waals surface area contributed by atoms with Crippen LogP contribution < -0.4 is 15.2 Å². The van der Waals surface area contributed by atoms with Crippen LogP contribution in [0.1, 0.15) is 24.1 Å². The Labute approximate surface area is 158 Å². The van der Waals surface area contributed by atoms with E-state index in [1.165, 1.54) is 7.11 Å². The number of nitrogens with two attached hydrogens (primary N) is 1. The van der Waals surface area contributed by atoms with Crippen molar-refractivity contribution in [2.75, 3.05) is 13.7 Å². The Morgan fingerprint density at radius 1 is 1.15 bits per heavy atom. The van der Waals surface area contributed by atoms with Crippen molar-refractivity contribution < 1.29 is 23.4 Å². The van der Waals surface area contributed by atoms with Crippen LogP contribution in [0.3, 0.4) is 0 Å². The van der Waals surface area contributed by atoms with Crippen LogP contribution in [0.4, 0.5) is 4.39 Å². The lowest BCUT2D eigenvalue weighted by Crippen LogP contribution is -2.31. The van der Waals surface area contributed by atoms with Crippen molar-refractivity contribution in [1.82, 2.24) is 0 Å². The Morgan fingerprint density at radius 3 is 2.46 bits per heavy atom. The lowest BCUT2D eigenvalue weighted by molar-refractivity contribution is -0.149. The molecule has 0 aliphatic heterocycles. The maximum absolute atomic E-state index is 14.1. The van der Waals surface area contributed by atoms with E-state index in [0.29, 0.717) is 23.7 Å². The van der Waals surface area contributed by atoms with Gasteiger partial charge in [-0.2, -0.15) is 0 Å². The fourth-order valence-corrected chi connectivity index (χ4v) is 2.28. The van der Waals surface area contributed by atoms with E-state index in [1.807, 2.05) is 30.3 Å². The van der Waals surface area contributed by atoms with Gasteiger partial charge in [0, 0.05) is 0 Å². The minimum atomic E-state index is -1.94. The number of benzene rings is 2. The van der Waals surface area contributed by atoms with Crippen molar-refractivity contribution in [1.29, 1.82) is 0 Å². The highest BCUT2D eigenvalue weighted by atomic mass is 35.5. The van der Waals surface area contributed by atoms with Gasteiger partial charge in [0.2, 0.25) is 6.17 Å². The zero-order chi connectivity index (χ0) is 18.2. The van der Waals surface area contributed by atoms with Crippen LogP contribution in [-0.2, 0) is 16.1 Å². The zero-order valence-electron chi connectivity index (χ0n) is 14.7. The number of carbonyl (C=O) groups is 1. The predicted octanol–water partition coefficient (Wildman–Crippen LogP) is 3.60. The summed E-state index contributed by atoms with van der Waals surface area (Å²) in [5.41, 5.74) is 7.27. The highest BCUT2D eigenvalue weighted by Gasteiger charge is 2.28. The molecule has 0 aliphatic rings. The number of halogens is 2. The molecule has 0 heterocycles. The average molecular weight is 384 g/mol. The van der Waals surface area contributed by atoms with Crippen LogP contribution in [0.2, 0.25) is 0 Å². The van der Waals surface area contributed by atoms with Gasteiger partial charge < -0.3 is 19.9 Å². The number of esters is 1. The molecular formula is C19H23ClFNO4. The topological polar surface area (TPSA) is 70.8 Å². The number of alkyl halides is 1. The zero-order valence-corrected chi connectivity index (χ0v) is 15.5. The quantitative estimate of drug-likeness (QED) is 0.705. The van der Waals surface area contributed by atoms with E-state index < -0.39 is 18.2 Å². The molecule has 5 nitrogen and oxygen atoms in total. The van der Waals surface area contributed by atoms with Gasteiger partial charge in [0.1, 0.15) is 6.61 Å². The van der Waals surface area contributed by atoms with E-state index in [1.54, 1.807) is 25.1 Å². The Kier molecular flexibility index (Phi) is 8.88. The molecule has 1 unspecified atom stereocenters. The van der Waals surface area contributed by atoms with Gasteiger partial charge in [-0.3, -0.25) is 0 Å². The number of ether oxygens (including phenoxy) is 3. The molecule has 2 rings (SSSR count). The molecule has 0 spiro atoms. The fourth-order valence-electron chi connectivity index (χ4n) is 2.28. The van der Waals surface area contributed by atoms with Crippen LogP contribution in [-0.4, -0.2) is 25.9 Å². The summed E-state index contributed by atoms with van der Waals surface area (Å²) in [5.74, 6) is -0.0489. The second-order valence-corrected chi connectivity index (χ2v) is 5.36. The van der Waals surface area contributed by atoms with E-state index >= 15 is 0 Å². The van der Waals surface area contributed by atoms with Crippen LogP contribution in [0.5, 0.6) is 11.5 Å². The van der Waals surface area contributed by atoms with Gasteiger partial charge in [0.15, 0.2) is 11.5 Å². The molecule has 0 bridgehead atoms. The minimum absolute atomic E-state index is 0. The minimum Gasteiger partial charge on any atom is -0.493 e.